The molecule has 0 aliphatic heterocycles. The highest BCUT2D eigenvalue weighted by molar-refractivity contribution is 7.99. The number of carbonyl (C=O) groups excluding carboxylic acids is 1. The van der Waals surface area contributed by atoms with Gasteiger partial charge in [-0.2, -0.15) is 5.10 Å². The van der Waals surface area contributed by atoms with Gasteiger partial charge in [0.25, 0.3) is 0 Å². The minimum absolute atomic E-state index is 0.227. The van der Waals surface area contributed by atoms with Gasteiger partial charge in [0.15, 0.2) is 5.65 Å². The Morgan fingerprint density at radius 2 is 1.71 bits per heavy atom. The summed E-state index contributed by atoms with van der Waals surface area (Å²) in [6, 6.07) is 13.2. The van der Waals surface area contributed by atoms with Crippen molar-refractivity contribution in [3.63, 3.8) is 0 Å². The lowest BCUT2D eigenvalue weighted by Gasteiger charge is -2.14. The number of esters is 1. The monoisotopic (exact) mass is 455 g/mol. The summed E-state index contributed by atoms with van der Waals surface area (Å²) in [5.41, 5.74) is 3.56. The summed E-state index contributed by atoms with van der Waals surface area (Å²) in [6.45, 7) is 1.98. The molecule has 31 heavy (non-hydrogen) atoms. The smallest absolute Gasteiger partial charge is 0.341 e. The number of aryl methyl sites for hydroxylation is 1. The van der Waals surface area contributed by atoms with E-state index >= 15 is 0 Å². The Morgan fingerprint density at radius 1 is 1.10 bits per heavy atom. The summed E-state index contributed by atoms with van der Waals surface area (Å²) in [5.74, 6) is -0.843. The first-order valence-corrected chi connectivity index (χ1v) is 11.2. The zero-order valence-corrected chi connectivity index (χ0v) is 18.7. The Hall–Kier alpha value is -2.90. The number of fused-ring (bicyclic) bond motifs is 1. The highest BCUT2D eigenvalue weighted by Gasteiger charge is 2.27. The average Bonchev–Trinajstić information content (AvgIpc) is 3.10. The number of pyridine rings is 1. The number of hydrogen-bond acceptors (Lipinski definition) is 5. The number of aromatic nitrogens is 3. The second kappa shape index (κ2) is 8.69. The molecule has 4 aromatic rings. The number of hydrogen-bond donors (Lipinski definition) is 0. The average molecular weight is 456 g/mol. The van der Waals surface area contributed by atoms with E-state index < -0.39 is 5.97 Å². The molecule has 0 saturated carbocycles. The van der Waals surface area contributed by atoms with Gasteiger partial charge in [0.2, 0.25) is 0 Å². The van der Waals surface area contributed by atoms with Crippen molar-refractivity contribution in [2.45, 2.75) is 11.8 Å². The normalized spacial score (nSPS) is 11.1. The number of rotatable bonds is 5. The molecule has 0 aliphatic carbocycles. The SMILES string of the molecule is CCOC(=O)c1c(-c2ccc(F)cc2)nc2c(c(-c3ccc(Cl)cc3)nn2C)c1SC. The van der Waals surface area contributed by atoms with Crippen LogP contribution < -0.4 is 0 Å². The van der Waals surface area contributed by atoms with Crippen LogP contribution in [0.4, 0.5) is 4.39 Å². The molecule has 0 spiro atoms. The van der Waals surface area contributed by atoms with Crippen LogP contribution in [0.25, 0.3) is 33.5 Å². The number of nitrogens with zero attached hydrogens (tertiary/aromatic N) is 3. The fourth-order valence-electron chi connectivity index (χ4n) is 3.47. The highest BCUT2D eigenvalue weighted by atomic mass is 35.5. The first kappa shape index (κ1) is 21.3. The van der Waals surface area contributed by atoms with Gasteiger partial charge >= 0.3 is 5.97 Å². The number of ether oxygens (including phenoxy) is 1. The molecule has 0 atom stereocenters. The van der Waals surface area contributed by atoms with Crippen LogP contribution in [-0.2, 0) is 11.8 Å². The van der Waals surface area contributed by atoms with Crippen molar-refractivity contribution in [2.75, 3.05) is 12.9 Å². The van der Waals surface area contributed by atoms with E-state index in [1.165, 1.54) is 23.9 Å². The second-order valence-corrected chi connectivity index (χ2v) is 8.03. The van der Waals surface area contributed by atoms with Crippen LogP contribution in [0, 0.1) is 5.82 Å². The second-order valence-electron chi connectivity index (χ2n) is 6.77. The minimum Gasteiger partial charge on any atom is -0.462 e. The van der Waals surface area contributed by atoms with Crippen LogP contribution in [0.1, 0.15) is 17.3 Å². The van der Waals surface area contributed by atoms with E-state index in [1.807, 2.05) is 18.4 Å². The van der Waals surface area contributed by atoms with Crippen LogP contribution in [0.2, 0.25) is 5.02 Å². The van der Waals surface area contributed by atoms with E-state index in [0.717, 1.165) is 10.9 Å². The molecule has 0 aliphatic rings. The van der Waals surface area contributed by atoms with E-state index in [2.05, 4.69) is 5.10 Å². The van der Waals surface area contributed by atoms with Gasteiger partial charge in [-0.25, -0.2) is 18.9 Å². The van der Waals surface area contributed by atoms with Crippen LogP contribution in [0.15, 0.2) is 53.4 Å². The van der Waals surface area contributed by atoms with Crippen molar-refractivity contribution in [1.29, 1.82) is 0 Å². The lowest BCUT2D eigenvalue weighted by Crippen LogP contribution is -2.10. The lowest BCUT2D eigenvalue weighted by molar-refractivity contribution is 0.0523. The molecule has 2 aromatic carbocycles. The van der Waals surface area contributed by atoms with E-state index in [0.29, 0.717) is 38.1 Å². The number of thioether (sulfide) groups is 1. The quantitative estimate of drug-likeness (QED) is 0.273. The van der Waals surface area contributed by atoms with Crippen molar-refractivity contribution in [2.24, 2.45) is 7.05 Å². The topological polar surface area (TPSA) is 57.0 Å². The van der Waals surface area contributed by atoms with Crippen molar-refractivity contribution in [3.05, 3.63) is 64.9 Å². The minimum atomic E-state index is -0.480. The zero-order valence-electron chi connectivity index (χ0n) is 17.1. The van der Waals surface area contributed by atoms with Crippen molar-refractivity contribution >= 4 is 40.4 Å². The molecule has 0 unspecified atom stereocenters. The predicted octanol–water partition coefficient (Wildman–Crippen LogP) is 5.99. The zero-order chi connectivity index (χ0) is 22.1. The summed E-state index contributed by atoms with van der Waals surface area (Å²) >= 11 is 7.47. The van der Waals surface area contributed by atoms with Gasteiger partial charge in [0.1, 0.15) is 17.1 Å². The Kier molecular flexibility index (Phi) is 5.98. The third kappa shape index (κ3) is 3.91. The van der Waals surface area contributed by atoms with Gasteiger partial charge in [-0.3, -0.25) is 0 Å². The maximum absolute atomic E-state index is 13.5. The van der Waals surface area contributed by atoms with Crippen LogP contribution in [-0.4, -0.2) is 33.6 Å². The van der Waals surface area contributed by atoms with Gasteiger partial charge in [0, 0.05) is 28.1 Å². The number of carbonyl (C=O) groups is 1. The Balaban J connectivity index is 2.08. The molecule has 8 heteroatoms. The van der Waals surface area contributed by atoms with Crippen molar-refractivity contribution in [1.82, 2.24) is 14.8 Å². The van der Waals surface area contributed by atoms with Crippen LogP contribution in [0.5, 0.6) is 0 Å². The summed E-state index contributed by atoms with van der Waals surface area (Å²) in [4.78, 5) is 18.5. The summed E-state index contributed by atoms with van der Waals surface area (Å²) in [5, 5.41) is 6.06. The molecule has 158 valence electrons. The first-order valence-electron chi connectivity index (χ1n) is 9.58. The van der Waals surface area contributed by atoms with E-state index in [-0.39, 0.29) is 12.4 Å². The third-order valence-corrected chi connectivity index (χ3v) is 5.91. The van der Waals surface area contributed by atoms with Crippen molar-refractivity contribution in [3.8, 4) is 22.5 Å². The molecule has 0 saturated heterocycles. The molecule has 2 aromatic heterocycles. The van der Waals surface area contributed by atoms with Gasteiger partial charge in [-0.05, 0) is 49.6 Å². The maximum Gasteiger partial charge on any atom is 0.341 e. The van der Waals surface area contributed by atoms with Gasteiger partial charge in [-0.1, -0.05) is 23.7 Å². The van der Waals surface area contributed by atoms with E-state index in [1.54, 1.807) is 42.9 Å². The molecule has 5 nitrogen and oxygen atoms in total. The Bertz CT molecular complexity index is 1270. The predicted molar refractivity (Wildman–Crippen MR) is 122 cm³/mol. The van der Waals surface area contributed by atoms with Gasteiger partial charge in [0.05, 0.1) is 17.7 Å². The van der Waals surface area contributed by atoms with Crippen LogP contribution in [0.3, 0.4) is 0 Å². The fourth-order valence-corrected chi connectivity index (χ4v) is 4.37. The maximum atomic E-state index is 13.5. The molecule has 0 bridgehead atoms. The van der Waals surface area contributed by atoms with Gasteiger partial charge < -0.3 is 4.74 Å². The summed E-state index contributed by atoms with van der Waals surface area (Å²) < 4.78 is 20.6. The standard InChI is InChI=1S/C23H19ClFN3O2S/c1-4-30-23(29)18-19(13-7-11-16(25)12-8-13)26-22-17(21(18)31-3)20(27-28(22)2)14-5-9-15(24)10-6-14/h5-12H,4H2,1-3H3. The lowest BCUT2D eigenvalue weighted by atomic mass is 10.0. The van der Waals surface area contributed by atoms with E-state index in [4.69, 9.17) is 21.3 Å². The van der Waals surface area contributed by atoms with Crippen LogP contribution >= 0.6 is 23.4 Å². The summed E-state index contributed by atoms with van der Waals surface area (Å²) in [6.07, 6.45) is 1.89. The molecular weight excluding hydrogens is 437 g/mol. The molecule has 0 fully saturated rings. The van der Waals surface area contributed by atoms with E-state index in [9.17, 15) is 9.18 Å². The first-order chi connectivity index (χ1) is 14.9. The molecule has 0 amide bonds. The van der Waals surface area contributed by atoms with Crippen molar-refractivity contribution < 1.29 is 13.9 Å². The highest BCUT2D eigenvalue weighted by Crippen LogP contribution is 2.40. The molecule has 4 rings (SSSR count). The van der Waals surface area contributed by atoms with Gasteiger partial charge in [-0.15, -0.1) is 11.8 Å². The largest absolute Gasteiger partial charge is 0.462 e. The Morgan fingerprint density at radius 3 is 2.32 bits per heavy atom. The number of halogens is 2. The molecule has 0 N–H and O–H groups in total. The molecule has 2 heterocycles. The molecule has 0 radical (unpaired) electrons. The Labute approximate surface area is 188 Å². The third-order valence-electron chi connectivity index (χ3n) is 4.84. The fraction of sp³-hybridized carbons (Fsp3) is 0.174. The number of benzene rings is 2. The summed E-state index contributed by atoms with van der Waals surface area (Å²) in [7, 11) is 1.80. The molecular formula is C23H19ClFN3O2S.